The second-order valence-corrected chi connectivity index (χ2v) is 8.37. The molecule has 0 saturated carbocycles. The molecule has 3 rings (SSSR count). The number of carbonyl (C=O) groups excluding carboxylic acids is 1. The summed E-state index contributed by atoms with van der Waals surface area (Å²) in [4.78, 5) is 14.7. The number of rotatable bonds is 4. The van der Waals surface area contributed by atoms with Crippen LogP contribution in [0.3, 0.4) is 0 Å². The molecule has 1 heterocycles. The van der Waals surface area contributed by atoms with Gasteiger partial charge in [-0.25, -0.2) is 13.2 Å². The molecule has 6 nitrogen and oxygen atoms in total. The van der Waals surface area contributed by atoms with Gasteiger partial charge < -0.3 is 15.0 Å². The van der Waals surface area contributed by atoms with Crippen LogP contribution >= 0.6 is 0 Å². The lowest BCUT2D eigenvalue weighted by molar-refractivity contribution is 0.207. The second kappa shape index (κ2) is 7.37. The number of sulfone groups is 1. The first-order valence-electron chi connectivity index (χ1n) is 8.40. The maximum atomic E-state index is 12.7. The molecule has 1 saturated heterocycles. The van der Waals surface area contributed by atoms with Gasteiger partial charge in [0.15, 0.2) is 9.84 Å². The predicted molar refractivity (Wildman–Crippen MR) is 100 cm³/mol. The topological polar surface area (TPSA) is 75.7 Å². The van der Waals surface area contributed by atoms with Gasteiger partial charge in [0.05, 0.1) is 18.0 Å². The fraction of sp³-hybridized carbons (Fsp3) is 0.316. The van der Waals surface area contributed by atoms with E-state index in [0.29, 0.717) is 12.2 Å². The van der Waals surface area contributed by atoms with Crippen molar-refractivity contribution in [2.24, 2.45) is 0 Å². The van der Waals surface area contributed by atoms with E-state index in [2.05, 4.69) is 5.32 Å². The Kier molecular flexibility index (Phi) is 5.18. The molecule has 1 aliphatic rings. The number of benzene rings is 2. The molecule has 1 atom stereocenters. The standard InChI is InChI=1S/C19H22N2O4S/c1-25-16-9-5-14(6-10-16)18-4-3-13-21(18)19(22)20-15-7-11-17(12-8-15)26(2,23)24/h5-12,18H,3-4,13H2,1-2H3,(H,20,22). The molecule has 1 unspecified atom stereocenters. The number of nitrogens with zero attached hydrogens (tertiary/aromatic N) is 1. The number of likely N-dealkylation sites (tertiary alicyclic amines) is 1. The Hall–Kier alpha value is -2.54. The fourth-order valence-corrected chi connectivity index (χ4v) is 3.79. The summed E-state index contributed by atoms with van der Waals surface area (Å²) >= 11 is 0. The molecule has 0 spiro atoms. The van der Waals surface area contributed by atoms with E-state index in [9.17, 15) is 13.2 Å². The first-order valence-corrected chi connectivity index (χ1v) is 10.3. The normalized spacial score (nSPS) is 17.2. The largest absolute Gasteiger partial charge is 0.497 e. The molecule has 0 radical (unpaired) electrons. The summed E-state index contributed by atoms with van der Waals surface area (Å²) in [6, 6.07) is 13.8. The van der Waals surface area contributed by atoms with Crippen LogP contribution in [-0.4, -0.2) is 39.3 Å². The van der Waals surface area contributed by atoms with E-state index >= 15 is 0 Å². The molecule has 26 heavy (non-hydrogen) atoms. The summed E-state index contributed by atoms with van der Waals surface area (Å²) in [5.41, 5.74) is 1.65. The van der Waals surface area contributed by atoms with Crippen LogP contribution in [0, 0.1) is 0 Å². The Balaban J connectivity index is 1.71. The van der Waals surface area contributed by atoms with Gasteiger partial charge in [-0.2, -0.15) is 0 Å². The van der Waals surface area contributed by atoms with Gasteiger partial charge >= 0.3 is 6.03 Å². The molecule has 7 heteroatoms. The highest BCUT2D eigenvalue weighted by Gasteiger charge is 2.30. The highest BCUT2D eigenvalue weighted by atomic mass is 32.2. The van der Waals surface area contributed by atoms with Gasteiger partial charge in [-0.3, -0.25) is 0 Å². The highest BCUT2D eigenvalue weighted by Crippen LogP contribution is 2.33. The lowest BCUT2D eigenvalue weighted by Crippen LogP contribution is -2.34. The lowest BCUT2D eigenvalue weighted by Gasteiger charge is -2.25. The molecule has 138 valence electrons. The van der Waals surface area contributed by atoms with Crippen molar-refractivity contribution in [1.82, 2.24) is 4.90 Å². The summed E-state index contributed by atoms with van der Waals surface area (Å²) in [5.74, 6) is 0.786. The van der Waals surface area contributed by atoms with E-state index in [1.807, 2.05) is 29.2 Å². The average Bonchev–Trinajstić information content (AvgIpc) is 3.11. The van der Waals surface area contributed by atoms with Gasteiger partial charge in [-0.15, -0.1) is 0 Å². The minimum Gasteiger partial charge on any atom is -0.497 e. The third-order valence-electron chi connectivity index (χ3n) is 4.55. The van der Waals surface area contributed by atoms with Crippen molar-refractivity contribution in [2.45, 2.75) is 23.8 Å². The van der Waals surface area contributed by atoms with Gasteiger partial charge in [-0.1, -0.05) is 12.1 Å². The predicted octanol–water partition coefficient (Wildman–Crippen LogP) is 3.47. The summed E-state index contributed by atoms with van der Waals surface area (Å²) in [7, 11) is -1.62. The Labute approximate surface area is 153 Å². The first kappa shape index (κ1) is 18.3. The second-order valence-electron chi connectivity index (χ2n) is 6.35. The molecule has 1 fully saturated rings. The van der Waals surface area contributed by atoms with Crippen LogP contribution in [0.25, 0.3) is 0 Å². The third kappa shape index (κ3) is 3.99. The van der Waals surface area contributed by atoms with E-state index in [1.54, 1.807) is 19.2 Å². The zero-order chi connectivity index (χ0) is 18.7. The number of methoxy groups -OCH3 is 1. The molecule has 2 amide bonds. The number of urea groups is 1. The van der Waals surface area contributed by atoms with Gasteiger partial charge in [0.2, 0.25) is 0 Å². The van der Waals surface area contributed by atoms with Gasteiger partial charge in [-0.05, 0) is 54.8 Å². The van der Waals surface area contributed by atoms with Crippen LogP contribution in [0.2, 0.25) is 0 Å². The number of ether oxygens (including phenoxy) is 1. The van der Waals surface area contributed by atoms with Gasteiger partial charge in [0.25, 0.3) is 0 Å². The van der Waals surface area contributed by atoms with E-state index < -0.39 is 9.84 Å². The third-order valence-corrected chi connectivity index (χ3v) is 5.68. The maximum Gasteiger partial charge on any atom is 0.322 e. The smallest absolute Gasteiger partial charge is 0.322 e. The number of anilines is 1. The highest BCUT2D eigenvalue weighted by molar-refractivity contribution is 7.90. The Bertz CT molecular complexity index is 877. The Morgan fingerprint density at radius 2 is 1.77 bits per heavy atom. The minimum absolute atomic E-state index is 0.0243. The minimum atomic E-state index is -3.25. The summed E-state index contributed by atoms with van der Waals surface area (Å²) < 4.78 is 28.2. The lowest BCUT2D eigenvalue weighted by atomic mass is 10.0. The Morgan fingerprint density at radius 3 is 2.35 bits per heavy atom. The van der Waals surface area contributed by atoms with Crippen LogP contribution in [0.5, 0.6) is 5.75 Å². The van der Waals surface area contributed by atoms with Crippen molar-refractivity contribution in [3.63, 3.8) is 0 Å². The zero-order valence-electron chi connectivity index (χ0n) is 14.8. The van der Waals surface area contributed by atoms with Gasteiger partial charge in [0, 0.05) is 18.5 Å². The van der Waals surface area contributed by atoms with Crippen molar-refractivity contribution >= 4 is 21.6 Å². The van der Waals surface area contributed by atoms with Crippen molar-refractivity contribution in [3.8, 4) is 5.75 Å². The van der Waals surface area contributed by atoms with Crippen LogP contribution in [0.15, 0.2) is 53.4 Å². The van der Waals surface area contributed by atoms with Crippen molar-refractivity contribution < 1.29 is 17.9 Å². The summed E-state index contributed by atoms with van der Waals surface area (Å²) in [6.07, 6.45) is 3.01. The quantitative estimate of drug-likeness (QED) is 0.889. The van der Waals surface area contributed by atoms with Crippen LogP contribution in [0.1, 0.15) is 24.4 Å². The molecule has 0 bridgehead atoms. The maximum absolute atomic E-state index is 12.7. The molecule has 1 N–H and O–H groups in total. The van der Waals surface area contributed by atoms with Crippen LogP contribution in [0.4, 0.5) is 10.5 Å². The molecule has 0 aromatic heterocycles. The summed E-state index contributed by atoms with van der Waals surface area (Å²) in [5, 5.41) is 2.85. The number of amides is 2. The van der Waals surface area contributed by atoms with Crippen molar-refractivity contribution in [1.29, 1.82) is 0 Å². The van der Waals surface area contributed by atoms with Gasteiger partial charge in [0.1, 0.15) is 5.75 Å². The number of hydrogen-bond acceptors (Lipinski definition) is 4. The molecule has 2 aromatic rings. The van der Waals surface area contributed by atoms with E-state index in [4.69, 9.17) is 4.74 Å². The Morgan fingerprint density at radius 1 is 1.12 bits per heavy atom. The van der Waals surface area contributed by atoms with Crippen LogP contribution in [-0.2, 0) is 9.84 Å². The SMILES string of the molecule is COc1ccc(C2CCCN2C(=O)Nc2ccc(S(C)(=O)=O)cc2)cc1. The number of nitrogens with one attached hydrogen (secondary N) is 1. The number of carbonyl (C=O) groups is 1. The zero-order valence-corrected chi connectivity index (χ0v) is 15.6. The van der Waals surface area contributed by atoms with E-state index in [0.717, 1.165) is 30.4 Å². The van der Waals surface area contributed by atoms with Crippen LogP contribution < -0.4 is 10.1 Å². The van der Waals surface area contributed by atoms with E-state index in [1.165, 1.54) is 12.1 Å². The molecule has 1 aliphatic heterocycles. The van der Waals surface area contributed by atoms with Crippen molar-refractivity contribution in [3.05, 3.63) is 54.1 Å². The molecule has 0 aliphatic carbocycles. The molecular formula is C19H22N2O4S. The first-order chi connectivity index (χ1) is 12.4. The monoisotopic (exact) mass is 374 g/mol. The van der Waals surface area contributed by atoms with Crippen molar-refractivity contribution in [2.75, 3.05) is 25.2 Å². The number of hydrogen-bond donors (Lipinski definition) is 1. The van der Waals surface area contributed by atoms with E-state index in [-0.39, 0.29) is 17.0 Å². The average molecular weight is 374 g/mol. The fourth-order valence-electron chi connectivity index (χ4n) is 3.16. The molecular weight excluding hydrogens is 352 g/mol. The summed E-state index contributed by atoms with van der Waals surface area (Å²) in [6.45, 7) is 0.684. The molecule has 2 aromatic carbocycles.